The number of carbonyl (C=O) groups is 1. The van der Waals surface area contributed by atoms with Gasteiger partial charge in [0.1, 0.15) is 0 Å². The molecule has 0 amide bonds. The number of hydrogen-bond donors (Lipinski definition) is 2. The molecule has 1 aromatic heterocycles. The van der Waals surface area contributed by atoms with E-state index in [2.05, 4.69) is 9.97 Å². The number of aromatic carboxylic acids is 1. The number of aromatic amines is 1. The quantitative estimate of drug-likeness (QED) is 0.551. The Kier molecular flexibility index (Phi) is 4.22. The van der Waals surface area contributed by atoms with Crippen molar-refractivity contribution in [3.8, 4) is 0 Å². The van der Waals surface area contributed by atoms with Crippen molar-refractivity contribution < 1.29 is 9.90 Å². The zero-order chi connectivity index (χ0) is 19.0. The first-order valence-electron chi connectivity index (χ1n) is 8.15. The van der Waals surface area contributed by atoms with Crippen LogP contribution in [0.3, 0.4) is 0 Å². The monoisotopic (exact) mass is 376 g/mol. The summed E-state index contributed by atoms with van der Waals surface area (Å²) in [5.41, 5.74) is 0.817. The Morgan fingerprint density at radius 2 is 1.81 bits per heavy atom. The van der Waals surface area contributed by atoms with Gasteiger partial charge in [-0.3, -0.25) is 4.79 Å². The second kappa shape index (κ2) is 6.70. The molecule has 6 heteroatoms. The summed E-state index contributed by atoms with van der Waals surface area (Å²) in [5, 5.41) is 11.9. The van der Waals surface area contributed by atoms with Crippen molar-refractivity contribution in [2.24, 2.45) is 0 Å². The number of rotatable bonds is 3. The summed E-state index contributed by atoms with van der Waals surface area (Å²) < 4.78 is 0. The van der Waals surface area contributed by atoms with E-state index in [1.165, 1.54) is 18.2 Å². The third-order valence-electron chi connectivity index (χ3n) is 4.25. The fraction of sp³-hybridized carbons (Fsp3) is 0. The van der Waals surface area contributed by atoms with Crippen molar-refractivity contribution in [1.82, 2.24) is 9.97 Å². The van der Waals surface area contributed by atoms with E-state index in [1.54, 1.807) is 6.08 Å². The standard InChI is InChI=1S/C21H13ClN2O3/c22-17(10-12-5-6-13-3-1-2-4-14(13)9-12)19-23-18-11-15(21(26)27)7-8-16(18)20(25)24-19/h1-11H,(H,26,27)(H,23,24,25)/b17-10-. The average Bonchev–Trinajstić information content (AvgIpc) is 2.67. The molecular weight excluding hydrogens is 364 g/mol. The molecule has 0 atom stereocenters. The molecule has 3 aromatic carbocycles. The summed E-state index contributed by atoms with van der Waals surface area (Å²) in [6, 6.07) is 18.0. The van der Waals surface area contributed by atoms with E-state index in [0.717, 1.165) is 16.3 Å². The van der Waals surface area contributed by atoms with Crippen molar-refractivity contribution in [1.29, 1.82) is 0 Å². The predicted octanol–water partition coefficient (Wildman–Crippen LogP) is 4.51. The van der Waals surface area contributed by atoms with E-state index in [-0.39, 0.29) is 27.5 Å². The van der Waals surface area contributed by atoms with Crippen LogP contribution < -0.4 is 5.56 Å². The molecule has 4 aromatic rings. The van der Waals surface area contributed by atoms with Gasteiger partial charge in [0.15, 0.2) is 5.82 Å². The molecule has 4 rings (SSSR count). The number of carboxylic acids is 1. The van der Waals surface area contributed by atoms with E-state index in [1.807, 2.05) is 42.5 Å². The Bertz CT molecular complexity index is 1290. The molecule has 0 saturated carbocycles. The highest BCUT2D eigenvalue weighted by Crippen LogP contribution is 2.23. The third kappa shape index (κ3) is 3.32. The molecule has 2 N–H and O–H groups in total. The first-order chi connectivity index (χ1) is 13.0. The van der Waals surface area contributed by atoms with Gasteiger partial charge in [0.2, 0.25) is 0 Å². The summed E-state index contributed by atoms with van der Waals surface area (Å²) >= 11 is 6.38. The number of nitrogens with zero attached hydrogens (tertiary/aromatic N) is 1. The van der Waals surface area contributed by atoms with Crippen molar-refractivity contribution in [2.45, 2.75) is 0 Å². The van der Waals surface area contributed by atoms with E-state index in [4.69, 9.17) is 16.7 Å². The molecule has 0 saturated heterocycles. The van der Waals surface area contributed by atoms with Crippen LogP contribution in [0.1, 0.15) is 21.7 Å². The first kappa shape index (κ1) is 17.0. The minimum absolute atomic E-state index is 0.0566. The molecule has 1 heterocycles. The highest BCUT2D eigenvalue weighted by molar-refractivity contribution is 6.50. The SMILES string of the molecule is O=C(O)c1ccc2c(=O)[nH]c(/C(Cl)=C/c3ccc4ccccc4c3)nc2c1. The van der Waals surface area contributed by atoms with Crippen LogP contribution in [-0.4, -0.2) is 21.0 Å². The van der Waals surface area contributed by atoms with Crippen molar-refractivity contribution >= 4 is 50.4 Å². The fourth-order valence-electron chi connectivity index (χ4n) is 2.90. The predicted molar refractivity (Wildman–Crippen MR) is 107 cm³/mol. The van der Waals surface area contributed by atoms with Crippen LogP contribution in [0, 0.1) is 0 Å². The number of hydrogen-bond acceptors (Lipinski definition) is 3. The van der Waals surface area contributed by atoms with E-state index >= 15 is 0 Å². The van der Waals surface area contributed by atoms with E-state index in [0.29, 0.717) is 5.39 Å². The lowest BCUT2D eigenvalue weighted by Gasteiger charge is -2.04. The van der Waals surface area contributed by atoms with Crippen LogP contribution in [0.5, 0.6) is 0 Å². The molecule has 0 radical (unpaired) electrons. The molecule has 0 bridgehead atoms. The molecule has 5 nitrogen and oxygen atoms in total. The Hall–Kier alpha value is -3.44. The number of fused-ring (bicyclic) bond motifs is 2. The maximum Gasteiger partial charge on any atom is 0.335 e. The molecule has 132 valence electrons. The Labute approximate surface area is 158 Å². The second-order valence-electron chi connectivity index (χ2n) is 6.05. The smallest absolute Gasteiger partial charge is 0.335 e. The molecular formula is C21H13ClN2O3. The number of halogens is 1. The number of aromatic nitrogens is 2. The normalized spacial score (nSPS) is 11.8. The topological polar surface area (TPSA) is 83.0 Å². The molecule has 0 spiro atoms. The lowest BCUT2D eigenvalue weighted by molar-refractivity contribution is 0.0697. The van der Waals surface area contributed by atoms with Crippen LogP contribution in [0.4, 0.5) is 0 Å². The highest BCUT2D eigenvalue weighted by Gasteiger charge is 2.10. The van der Waals surface area contributed by atoms with Gasteiger partial charge in [0, 0.05) is 0 Å². The van der Waals surface area contributed by atoms with Crippen LogP contribution in [0.15, 0.2) is 65.5 Å². The Balaban J connectivity index is 1.80. The minimum atomic E-state index is -1.08. The van der Waals surface area contributed by atoms with Gasteiger partial charge in [-0.1, -0.05) is 48.0 Å². The highest BCUT2D eigenvalue weighted by atomic mass is 35.5. The molecule has 0 aliphatic carbocycles. The summed E-state index contributed by atoms with van der Waals surface area (Å²) in [6.45, 7) is 0. The van der Waals surface area contributed by atoms with Crippen LogP contribution >= 0.6 is 11.6 Å². The van der Waals surface area contributed by atoms with Crippen molar-refractivity contribution in [3.05, 3.63) is 88.0 Å². The molecule has 27 heavy (non-hydrogen) atoms. The average molecular weight is 377 g/mol. The number of carboxylic acid groups (broad SMARTS) is 1. The van der Waals surface area contributed by atoms with E-state index in [9.17, 15) is 9.59 Å². The lowest BCUT2D eigenvalue weighted by Crippen LogP contribution is -2.11. The number of nitrogens with one attached hydrogen (secondary N) is 1. The van der Waals surface area contributed by atoms with Gasteiger partial charge in [0.05, 0.1) is 21.5 Å². The number of benzene rings is 3. The van der Waals surface area contributed by atoms with Crippen LogP contribution in [-0.2, 0) is 0 Å². The fourth-order valence-corrected chi connectivity index (χ4v) is 3.11. The Morgan fingerprint density at radius 3 is 2.59 bits per heavy atom. The number of H-pyrrole nitrogens is 1. The molecule has 0 aliphatic rings. The van der Waals surface area contributed by atoms with Gasteiger partial charge in [0.25, 0.3) is 5.56 Å². The van der Waals surface area contributed by atoms with E-state index < -0.39 is 5.97 Å². The third-order valence-corrected chi connectivity index (χ3v) is 4.53. The minimum Gasteiger partial charge on any atom is -0.478 e. The summed E-state index contributed by atoms with van der Waals surface area (Å²) in [7, 11) is 0. The van der Waals surface area contributed by atoms with Gasteiger partial charge < -0.3 is 10.1 Å². The van der Waals surface area contributed by atoms with Crippen LogP contribution in [0.25, 0.3) is 32.8 Å². The molecule has 0 fully saturated rings. The summed E-state index contributed by atoms with van der Waals surface area (Å²) in [4.78, 5) is 30.4. The van der Waals surface area contributed by atoms with Gasteiger partial charge in [-0.2, -0.15) is 0 Å². The lowest BCUT2D eigenvalue weighted by atomic mass is 10.1. The Morgan fingerprint density at radius 1 is 1.04 bits per heavy atom. The van der Waals surface area contributed by atoms with Gasteiger partial charge in [-0.25, -0.2) is 9.78 Å². The first-order valence-corrected chi connectivity index (χ1v) is 8.53. The largest absolute Gasteiger partial charge is 0.478 e. The maximum atomic E-state index is 12.3. The second-order valence-corrected chi connectivity index (χ2v) is 6.46. The van der Waals surface area contributed by atoms with Crippen LogP contribution in [0.2, 0.25) is 0 Å². The van der Waals surface area contributed by atoms with Gasteiger partial charge in [-0.15, -0.1) is 0 Å². The van der Waals surface area contributed by atoms with Gasteiger partial charge >= 0.3 is 5.97 Å². The zero-order valence-corrected chi connectivity index (χ0v) is 14.7. The molecule has 0 aliphatic heterocycles. The summed E-state index contributed by atoms with van der Waals surface area (Å²) in [6.07, 6.45) is 1.71. The van der Waals surface area contributed by atoms with Gasteiger partial charge in [-0.05, 0) is 46.7 Å². The summed E-state index contributed by atoms with van der Waals surface area (Å²) in [5.74, 6) is -0.900. The molecule has 0 unspecified atom stereocenters. The zero-order valence-electron chi connectivity index (χ0n) is 13.9. The van der Waals surface area contributed by atoms with Crippen molar-refractivity contribution in [2.75, 3.05) is 0 Å². The van der Waals surface area contributed by atoms with Crippen molar-refractivity contribution in [3.63, 3.8) is 0 Å². The maximum absolute atomic E-state index is 12.3.